The minimum Gasteiger partial charge on any atom is -0.486 e. The predicted molar refractivity (Wildman–Crippen MR) is 127 cm³/mol. The Morgan fingerprint density at radius 1 is 1.19 bits per heavy atom. The Kier molecular flexibility index (Phi) is 7.59. The van der Waals surface area contributed by atoms with Crippen molar-refractivity contribution >= 4 is 44.2 Å². The average molecular weight is 498 g/mol. The summed E-state index contributed by atoms with van der Waals surface area (Å²) in [6.45, 7) is 0.787. The summed E-state index contributed by atoms with van der Waals surface area (Å²) in [7, 11) is -3.94. The van der Waals surface area contributed by atoms with Crippen LogP contribution in [0.4, 0.5) is 5.13 Å². The monoisotopic (exact) mass is 497 g/mol. The number of amides is 1. The van der Waals surface area contributed by atoms with E-state index in [1.165, 1.54) is 34.8 Å². The molecule has 1 aromatic heterocycles. The number of aromatic nitrogens is 1. The molecule has 4 rings (SSSR count). The van der Waals surface area contributed by atoms with Gasteiger partial charge in [-0.2, -0.15) is 16.5 Å². The third-order valence-corrected chi connectivity index (χ3v) is 8.56. The number of carbonyl (C=O) groups excluding carboxylic acids is 1. The molecule has 1 aromatic carbocycles. The molecule has 2 N–H and O–H groups in total. The highest BCUT2D eigenvalue weighted by molar-refractivity contribution is 7.98. The molecule has 0 fully saturated rings. The van der Waals surface area contributed by atoms with E-state index in [4.69, 9.17) is 9.47 Å². The van der Waals surface area contributed by atoms with Crippen LogP contribution in [0.5, 0.6) is 11.5 Å². The maximum atomic E-state index is 13.0. The molecule has 1 atom stereocenters. The van der Waals surface area contributed by atoms with E-state index in [2.05, 4.69) is 15.0 Å². The lowest BCUT2D eigenvalue weighted by atomic mass is 10.2. The molecule has 0 saturated heterocycles. The summed E-state index contributed by atoms with van der Waals surface area (Å²) in [6, 6.07) is 3.54. The Labute approximate surface area is 196 Å². The number of thiazole rings is 1. The number of nitrogens with zero attached hydrogens (tertiary/aromatic N) is 1. The van der Waals surface area contributed by atoms with Crippen LogP contribution in [0.25, 0.3) is 0 Å². The zero-order valence-electron chi connectivity index (χ0n) is 17.9. The zero-order chi connectivity index (χ0) is 22.6. The van der Waals surface area contributed by atoms with Gasteiger partial charge in [0.15, 0.2) is 16.6 Å². The Bertz CT molecular complexity index is 1050. The maximum absolute atomic E-state index is 13.0. The van der Waals surface area contributed by atoms with Crippen molar-refractivity contribution in [2.75, 3.05) is 30.5 Å². The number of rotatable bonds is 8. The number of aryl methyl sites for hydroxylation is 2. The summed E-state index contributed by atoms with van der Waals surface area (Å²) in [5.41, 5.74) is 1.06. The molecule has 0 spiro atoms. The number of thioether (sulfide) groups is 1. The van der Waals surface area contributed by atoms with Crippen LogP contribution in [-0.4, -0.2) is 50.6 Å². The number of sulfonamides is 1. The van der Waals surface area contributed by atoms with Crippen LogP contribution in [0.3, 0.4) is 0 Å². The Balaban J connectivity index is 1.49. The Morgan fingerprint density at radius 3 is 2.78 bits per heavy atom. The van der Waals surface area contributed by atoms with E-state index in [-0.39, 0.29) is 4.90 Å². The first-order valence-electron chi connectivity index (χ1n) is 10.7. The fourth-order valence-electron chi connectivity index (χ4n) is 3.70. The molecule has 0 bridgehead atoms. The third kappa shape index (κ3) is 5.56. The quantitative estimate of drug-likeness (QED) is 0.539. The summed E-state index contributed by atoms with van der Waals surface area (Å²) >= 11 is 3.05. The molecule has 1 unspecified atom stereocenters. The summed E-state index contributed by atoms with van der Waals surface area (Å²) in [4.78, 5) is 18.9. The number of fused-ring (bicyclic) bond motifs is 2. The van der Waals surface area contributed by atoms with Gasteiger partial charge in [-0.25, -0.2) is 13.4 Å². The molecule has 174 valence electrons. The van der Waals surface area contributed by atoms with Gasteiger partial charge in [0.2, 0.25) is 15.9 Å². The predicted octanol–water partition coefficient (Wildman–Crippen LogP) is 3.22. The first-order chi connectivity index (χ1) is 15.5. The standard InChI is InChI=1S/C21H27N3O5S3/c1-30-12-9-16(20(25)23-21-22-15-5-3-2-4-6-19(15)31-21)24-32(26,27)14-7-8-17-18(13-14)29-11-10-28-17/h7-8,13,16,24H,2-6,9-12H2,1H3,(H,22,23,25). The van der Waals surface area contributed by atoms with Crippen LogP contribution in [-0.2, 0) is 27.7 Å². The molecule has 0 saturated carbocycles. The van der Waals surface area contributed by atoms with E-state index in [1.807, 2.05) is 6.26 Å². The van der Waals surface area contributed by atoms with Gasteiger partial charge in [-0.3, -0.25) is 4.79 Å². The molecule has 1 aliphatic carbocycles. The Morgan fingerprint density at radius 2 is 1.97 bits per heavy atom. The second-order valence-electron chi connectivity index (χ2n) is 7.70. The van der Waals surface area contributed by atoms with Gasteiger partial charge < -0.3 is 14.8 Å². The van der Waals surface area contributed by atoms with Crippen LogP contribution in [0.15, 0.2) is 23.1 Å². The molecule has 2 aliphatic rings. The second kappa shape index (κ2) is 10.4. The number of ether oxygens (including phenoxy) is 2. The van der Waals surface area contributed by atoms with E-state index >= 15 is 0 Å². The number of benzene rings is 1. The minimum atomic E-state index is -3.94. The molecule has 32 heavy (non-hydrogen) atoms. The molecule has 0 radical (unpaired) electrons. The van der Waals surface area contributed by atoms with Crippen LogP contribution in [0.1, 0.15) is 36.3 Å². The first-order valence-corrected chi connectivity index (χ1v) is 14.4. The topological polar surface area (TPSA) is 107 Å². The molecule has 1 amide bonds. The van der Waals surface area contributed by atoms with E-state index in [1.54, 1.807) is 17.8 Å². The van der Waals surface area contributed by atoms with Gasteiger partial charge in [0, 0.05) is 10.9 Å². The third-order valence-electron chi connectivity index (χ3n) is 5.37. The number of nitrogens with one attached hydrogen (secondary N) is 2. The van der Waals surface area contributed by atoms with Gasteiger partial charge in [-0.05, 0) is 56.2 Å². The number of anilines is 1. The first kappa shape index (κ1) is 23.3. The minimum absolute atomic E-state index is 0.0321. The molecule has 2 aromatic rings. The van der Waals surface area contributed by atoms with Gasteiger partial charge in [0.1, 0.15) is 19.3 Å². The van der Waals surface area contributed by atoms with Gasteiger partial charge in [0.25, 0.3) is 0 Å². The second-order valence-corrected chi connectivity index (χ2v) is 11.5. The van der Waals surface area contributed by atoms with Crippen molar-refractivity contribution in [1.82, 2.24) is 9.71 Å². The van der Waals surface area contributed by atoms with Crippen molar-refractivity contribution in [3.63, 3.8) is 0 Å². The molecular formula is C21H27N3O5S3. The highest BCUT2D eigenvalue weighted by Gasteiger charge is 2.28. The fraction of sp³-hybridized carbons (Fsp3) is 0.524. The lowest BCUT2D eigenvalue weighted by Crippen LogP contribution is -2.44. The Hall–Kier alpha value is -1.82. The molecule has 11 heteroatoms. The molecule has 8 nitrogen and oxygen atoms in total. The van der Waals surface area contributed by atoms with Crippen molar-refractivity contribution in [2.45, 2.75) is 49.5 Å². The highest BCUT2D eigenvalue weighted by Crippen LogP contribution is 2.32. The average Bonchev–Trinajstić information content (AvgIpc) is 3.03. The van der Waals surface area contributed by atoms with E-state index in [0.717, 1.165) is 31.4 Å². The van der Waals surface area contributed by atoms with Crippen molar-refractivity contribution in [2.24, 2.45) is 0 Å². The molecular weight excluding hydrogens is 470 g/mol. The number of hydrogen-bond acceptors (Lipinski definition) is 8. The normalized spacial score (nSPS) is 16.7. The van der Waals surface area contributed by atoms with E-state index < -0.39 is 22.0 Å². The summed E-state index contributed by atoms with van der Waals surface area (Å²) in [6.07, 6.45) is 7.63. The van der Waals surface area contributed by atoms with Crippen molar-refractivity contribution < 1.29 is 22.7 Å². The van der Waals surface area contributed by atoms with Gasteiger partial charge in [-0.15, -0.1) is 11.3 Å². The maximum Gasteiger partial charge on any atom is 0.244 e. The summed E-state index contributed by atoms with van der Waals surface area (Å²) in [5.74, 6) is 1.13. The molecule has 1 aliphatic heterocycles. The van der Waals surface area contributed by atoms with Crippen LogP contribution >= 0.6 is 23.1 Å². The van der Waals surface area contributed by atoms with Crippen LogP contribution in [0, 0.1) is 0 Å². The smallest absolute Gasteiger partial charge is 0.244 e. The highest BCUT2D eigenvalue weighted by atomic mass is 32.2. The zero-order valence-corrected chi connectivity index (χ0v) is 20.3. The van der Waals surface area contributed by atoms with E-state index in [9.17, 15) is 13.2 Å². The number of carbonyl (C=O) groups is 1. The summed E-state index contributed by atoms with van der Waals surface area (Å²) in [5, 5.41) is 3.38. The van der Waals surface area contributed by atoms with Crippen LogP contribution < -0.4 is 19.5 Å². The fourth-order valence-corrected chi connectivity index (χ4v) is 6.47. The molecule has 2 heterocycles. The van der Waals surface area contributed by atoms with Crippen LogP contribution in [0.2, 0.25) is 0 Å². The summed E-state index contributed by atoms with van der Waals surface area (Å²) < 4.78 is 39.6. The van der Waals surface area contributed by atoms with Crippen molar-refractivity contribution in [3.8, 4) is 11.5 Å². The van der Waals surface area contributed by atoms with Gasteiger partial charge >= 0.3 is 0 Å². The lowest BCUT2D eigenvalue weighted by Gasteiger charge is -2.20. The van der Waals surface area contributed by atoms with E-state index in [0.29, 0.717) is 42.0 Å². The van der Waals surface area contributed by atoms with Gasteiger partial charge in [0.05, 0.1) is 10.6 Å². The van der Waals surface area contributed by atoms with Crippen molar-refractivity contribution in [1.29, 1.82) is 0 Å². The van der Waals surface area contributed by atoms with Gasteiger partial charge in [-0.1, -0.05) is 6.42 Å². The number of hydrogen-bond donors (Lipinski definition) is 2. The SMILES string of the molecule is CSCCC(NS(=O)(=O)c1ccc2c(c1)OCCO2)C(=O)Nc1nc2c(s1)CCCCC2. The largest absolute Gasteiger partial charge is 0.486 e. The lowest BCUT2D eigenvalue weighted by molar-refractivity contribution is -0.117. The van der Waals surface area contributed by atoms with Crippen molar-refractivity contribution in [3.05, 3.63) is 28.8 Å².